The molecule has 2 heterocycles. The molecule has 1 N–H and O–H groups in total. The van der Waals surface area contributed by atoms with E-state index in [1.54, 1.807) is 24.6 Å². The molecule has 0 fully saturated rings. The Morgan fingerprint density at radius 3 is 2.78 bits per heavy atom. The first kappa shape index (κ1) is 15.6. The number of methoxy groups -OCH3 is 1. The van der Waals surface area contributed by atoms with E-state index in [9.17, 15) is 0 Å². The fourth-order valence-electron chi connectivity index (χ4n) is 2.35. The molecule has 23 heavy (non-hydrogen) atoms. The van der Waals surface area contributed by atoms with Crippen molar-refractivity contribution in [3.63, 3.8) is 0 Å². The second kappa shape index (κ2) is 7.85. The number of thiazole rings is 1. The van der Waals surface area contributed by atoms with E-state index in [1.807, 2.05) is 42.6 Å². The van der Waals surface area contributed by atoms with Crippen LogP contribution in [0.4, 0.5) is 0 Å². The molecule has 0 aliphatic rings. The third kappa shape index (κ3) is 4.15. The van der Waals surface area contributed by atoms with Crippen molar-refractivity contribution in [1.82, 2.24) is 15.3 Å². The fourth-order valence-corrected chi connectivity index (χ4v) is 3.21. The van der Waals surface area contributed by atoms with E-state index in [2.05, 4.69) is 21.4 Å². The largest absolute Gasteiger partial charge is 0.496 e. The van der Waals surface area contributed by atoms with Gasteiger partial charge in [-0.1, -0.05) is 24.3 Å². The van der Waals surface area contributed by atoms with Crippen molar-refractivity contribution >= 4 is 11.3 Å². The Balaban J connectivity index is 1.51. The first-order valence-electron chi connectivity index (χ1n) is 7.55. The molecule has 3 rings (SSSR count). The van der Waals surface area contributed by atoms with Crippen LogP contribution in [0.25, 0.3) is 10.6 Å². The van der Waals surface area contributed by atoms with Gasteiger partial charge in [-0.25, -0.2) is 4.98 Å². The number of nitrogens with one attached hydrogen (secondary N) is 1. The molecular formula is C18H19N3OS. The van der Waals surface area contributed by atoms with Crippen LogP contribution in [0.5, 0.6) is 5.75 Å². The van der Waals surface area contributed by atoms with E-state index in [1.165, 1.54) is 5.56 Å². The summed E-state index contributed by atoms with van der Waals surface area (Å²) in [6.07, 6.45) is 4.63. The van der Waals surface area contributed by atoms with Gasteiger partial charge in [-0.2, -0.15) is 0 Å². The first-order valence-corrected chi connectivity index (χ1v) is 8.37. The predicted octanol–water partition coefficient (Wildman–Crippen LogP) is 3.55. The molecule has 0 bridgehead atoms. The minimum Gasteiger partial charge on any atom is -0.496 e. The lowest BCUT2D eigenvalue weighted by Crippen LogP contribution is -2.16. The Hall–Kier alpha value is -2.24. The third-order valence-corrected chi connectivity index (χ3v) is 4.53. The summed E-state index contributed by atoms with van der Waals surface area (Å²) in [4.78, 5) is 9.92. The summed E-state index contributed by atoms with van der Waals surface area (Å²) in [6.45, 7) is 1.66. The number of pyridine rings is 1. The van der Waals surface area contributed by atoms with Gasteiger partial charge in [0.2, 0.25) is 0 Å². The number of aromatic nitrogens is 2. The average molecular weight is 325 g/mol. The lowest BCUT2D eigenvalue weighted by molar-refractivity contribution is 0.409. The van der Waals surface area contributed by atoms with E-state index in [4.69, 9.17) is 4.74 Å². The van der Waals surface area contributed by atoms with Gasteiger partial charge in [0.1, 0.15) is 10.8 Å². The molecule has 4 nitrogen and oxygen atoms in total. The Morgan fingerprint density at radius 1 is 1.09 bits per heavy atom. The van der Waals surface area contributed by atoms with E-state index in [0.717, 1.165) is 40.8 Å². The highest BCUT2D eigenvalue weighted by molar-refractivity contribution is 7.15. The standard InChI is InChI=1S/C18H19N3OS/c1-22-16-8-3-2-6-14(16)9-11-19-13-18-21-12-17(23-18)15-7-4-5-10-20-15/h2-8,10,12,19H,9,11,13H2,1H3. The zero-order valence-electron chi connectivity index (χ0n) is 13.0. The molecule has 0 atom stereocenters. The minimum absolute atomic E-state index is 0.770. The number of ether oxygens (including phenoxy) is 1. The molecule has 0 saturated heterocycles. The van der Waals surface area contributed by atoms with Gasteiger partial charge in [0, 0.05) is 18.9 Å². The topological polar surface area (TPSA) is 47.0 Å². The Labute approximate surface area is 140 Å². The highest BCUT2D eigenvalue weighted by Gasteiger charge is 2.05. The van der Waals surface area contributed by atoms with Crippen LogP contribution in [-0.4, -0.2) is 23.6 Å². The van der Waals surface area contributed by atoms with Crippen LogP contribution in [0.3, 0.4) is 0 Å². The Morgan fingerprint density at radius 2 is 1.96 bits per heavy atom. The van der Waals surface area contributed by atoms with E-state index in [0.29, 0.717) is 0 Å². The monoisotopic (exact) mass is 325 g/mol. The molecular weight excluding hydrogens is 306 g/mol. The number of nitrogens with zero attached hydrogens (tertiary/aromatic N) is 2. The molecule has 0 amide bonds. The average Bonchev–Trinajstić information content (AvgIpc) is 3.09. The molecule has 3 aromatic rings. The SMILES string of the molecule is COc1ccccc1CCNCc1ncc(-c2ccccn2)s1. The predicted molar refractivity (Wildman–Crippen MR) is 93.7 cm³/mol. The van der Waals surface area contributed by atoms with Crippen LogP contribution in [0, 0.1) is 0 Å². The maximum atomic E-state index is 5.37. The van der Waals surface area contributed by atoms with E-state index in [-0.39, 0.29) is 0 Å². The molecule has 0 radical (unpaired) electrons. The lowest BCUT2D eigenvalue weighted by Gasteiger charge is -2.08. The number of benzene rings is 1. The second-order valence-electron chi connectivity index (χ2n) is 5.07. The molecule has 0 aliphatic carbocycles. The smallest absolute Gasteiger partial charge is 0.122 e. The quantitative estimate of drug-likeness (QED) is 0.675. The van der Waals surface area contributed by atoms with Gasteiger partial charge < -0.3 is 10.1 Å². The molecule has 0 unspecified atom stereocenters. The van der Waals surface area contributed by atoms with Crippen LogP contribution >= 0.6 is 11.3 Å². The number of para-hydroxylation sites is 1. The third-order valence-electron chi connectivity index (χ3n) is 3.51. The molecule has 1 aromatic carbocycles. The molecule has 118 valence electrons. The molecule has 0 aliphatic heterocycles. The maximum Gasteiger partial charge on any atom is 0.122 e. The van der Waals surface area contributed by atoms with Crippen LogP contribution in [0.2, 0.25) is 0 Å². The summed E-state index contributed by atoms with van der Waals surface area (Å²) >= 11 is 1.68. The summed E-state index contributed by atoms with van der Waals surface area (Å²) in [5, 5.41) is 4.51. The summed E-state index contributed by atoms with van der Waals surface area (Å²) in [5.41, 5.74) is 2.20. The maximum absolute atomic E-state index is 5.37. The molecule has 2 aromatic heterocycles. The van der Waals surface area contributed by atoms with Crippen molar-refractivity contribution < 1.29 is 4.74 Å². The summed E-state index contributed by atoms with van der Waals surface area (Å²) in [7, 11) is 1.71. The van der Waals surface area contributed by atoms with E-state index >= 15 is 0 Å². The lowest BCUT2D eigenvalue weighted by atomic mass is 10.1. The summed E-state index contributed by atoms with van der Waals surface area (Å²) in [6, 6.07) is 14.0. The van der Waals surface area contributed by atoms with Crippen molar-refractivity contribution in [1.29, 1.82) is 0 Å². The highest BCUT2D eigenvalue weighted by Crippen LogP contribution is 2.23. The zero-order chi connectivity index (χ0) is 15.9. The summed E-state index contributed by atoms with van der Waals surface area (Å²) in [5.74, 6) is 0.945. The van der Waals surface area contributed by atoms with Gasteiger partial charge in [-0.3, -0.25) is 4.98 Å². The van der Waals surface area contributed by atoms with Gasteiger partial charge in [0.15, 0.2) is 0 Å². The van der Waals surface area contributed by atoms with E-state index < -0.39 is 0 Å². The Bertz CT molecular complexity index is 743. The number of rotatable bonds is 7. The second-order valence-corrected chi connectivity index (χ2v) is 6.19. The normalized spacial score (nSPS) is 10.7. The first-order chi connectivity index (χ1) is 11.4. The van der Waals surface area contributed by atoms with Gasteiger partial charge in [0.25, 0.3) is 0 Å². The van der Waals surface area contributed by atoms with Crippen molar-refractivity contribution in [2.24, 2.45) is 0 Å². The number of hydrogen-bond acceptors (Lipinski definition) is 5. The molecule has 5 heteroatoms. The summed E-state index contributed by atoms with van der Waals surface area (Å²) < 4.78 is 5.37. The molecule has 0 saturated carbocycles. The van der Waals surface area contributed by atoms with Crippen LogP contribution in [-0.2, 0) is 13.0 Å². The number of hydrogen-bond donors (Lipinski definition) is 1. The van der Waals surface area contributed by atoms with Gasteiger partial charge in [0.05, 0.1) is 17.7 Å². The Kier molecular flexibility index (Phi) is 5.34. The van der Waals surface area contributed by atoms with Crippen LogP contribution in [0.1, 0.15) is 10.6 Å². The zero-order valence-corrected chi connectivity index (χ0v) is 13.8. The van der Waals surface area contributed by atoms with Crippen molar-refractivity contribution in [2.75, 3.05) is 13.7 Å². The van der Waals surface area contributed by atoms with Gasteiger partial charge in [-0.15, -0.1) is 11.3 Å². The van der Waals surface area contributed by atoms with Crippen molar-refractivity contribution in [3.05, 3.63) is 65.4 Å². The van der Waals surface area contributed by atoms with Crippen LogP contribution < -0.4 is 10.1 Å². The highest BCUT2D eigenvalue weighted by atomic mass is 32.1. The molecule has 0 spiro atoms. The van der Waals surface area contributed by atoms with Crippen LogP contribution in [0.15, 0.2) is 54.9 Å². The van der Waals surface area contributed by atoms with Gasteiger partial charge in [-0.05, 0) is 36.7 Å². The fraction of sp³-hybridized carbons (Fsp3) is 0.222. The minimum atomic E-state index is 0.770. The van der Waals surface area contributed by atoms with Gasteiger partial charge >= 0.3 is 0 Å². The van der Waals surface area contributed by atoms with Crippen molar-refractivity contribution in [3.8, 4) is 16.3 Å². The van der Waals surface area contributed by atoms with Crippen molar-refractivity contribution in [2.45, 2.75) is 13.0 Å².